The van der Waals surface area contributed by atoms with E-state index in [1.54, 1.807) is 30.3 Å². The van der Waals surface area contributed by atoms with Gasteiger partial charge < -0.3 is 9.47 Å². The molecule has 0 aliphatic rings. The third kappa shape index (κ3) is 4.53. The van der Waals surface area contributed by atoms with Crippen molar-refractivity contribution >= 4 is 29.4 Å². The van der Waals surface area contributed by atoms with Crippen LogP contribution < -0.4 is 0 Å². The Balaban J connectivity index is 1.91. The van der Waals surface area contributed by atoms with E-state index < -0.39 is 11.9 Å². The first kappa shape index (κ1) is 15.9. The molecule has 0 aliphatic heterocycles. The van der Waals surface area contributed by atoms with Crippen LogP contribution in [0.1, 0.15) is 26.6 Å². The lowest BCUT2D eigenvalue weighted by Crippen LogP contribution is -2.04. The summed E-state index contributed by atoms with van der Waals surface area (Å²) in [5.41, 5.74) is 1.87. The van der Waals surface area contributed by atoms with Crippen LogP contribution in [0, 0.1) is 6.92 Å². The number of aryl methyl sites for hydroxylation is 1. The monoisotopic (exact) mass is 317 g/mol. The highest BCUT2D eigenvalue weighted by Crippen LogP contribution is 2.10. The van der Waals surface area contributed by atoms with E-state index in [4.69, 9.17) is 4.74 Å². The Kier molecular flexibility index (Phi) is 5.43. The zero-order chi connectivity index (χ0) is 15.9. The van der Waals surface area contributed by atoms with Crippen molar-refractivity contribution in [1.29, 1.82) is 0 Å². The number of carbonyl (C=O) groups is 2. The van der Waals surface area contributed by atoms with Crippen LogP contribution in [0.5, 0.6) is 0 Å². The summed E-state index contributed by atoms with van der Waals surface area (Å²) in [6.07, 6.45) is 2.94. The van der Waals surface area contributed by atoms with Crippen LogP contribution in [-0.2, 0) is 20.9 Å². The SMILES string of the molecule is COC(=O)c1cccc(COC(=O)/C=C/c2csc(C)n2)c1. The van der Waals surface area contributed by atoms with Gasteiger partial charge in [-0.2, -0.15) is 0 Å². The predicted octanol–water partition coefficient (Wildman–Crippen LogP) is 2.99. The molecule has 1 heterocycles. The molecule has 0 N–H and O–H groups in total. The Hall–Kier alpha value is -2.47. The molecule has 1 aromatic carbocycles. The summed E-state index contributed by atoms with van der Waals surface area (Å²) in [5, 5.41) is 2.80. The van der Waals surface area contributed by atoms with E-state index in [0.29, 0.717) is 11.1 Å². The second-order valence-electron chi connectivity index (χ2n) is 4.42. The zero-order valence-electron chi connectivity index (χ0n) is 12.2. The maximum absolute atomic E-state index is 11.6. The van der Waals surface area contributed by atoms with Gasteiger partial charge in [0.25, 0.3) is 0 Å². The molecular formula is C16H15NO4S. The molecule has 0 radical (unpaired) electrons. The first-order valence-corrected chi connectivity index (χ1v) is 7.40. The third-order valence-corrected chi connectivity index (χ3v) is 3.55. The van der Waals surface area contributed by atoms with Gasteiger partial charge in [0.1, 0.15) is 6.61 Å². The minimum atomic E-state index is -0.464. The summed E-state index contributed by atoms with van der Waals surface area (Å²) in [5.74, 6) is -0.888. The fourth-order valence-corrected chi connectivity index (χ4v) is 2.30. The van der Waals surface area contributed by atoms with E-state index in [1.807, 2.05) is 12.3 Å². The van der Waals surface area contributed by atoms with Crippen molar-refractivity contribution < 1.29 is 19.1 Å². The number of nitrogens with zero attached hydrogens (tertiary/aromatic N) is 1. The molecule has 6 heteroatoms. The number of benzene rings is 1. The Morgan fingerprint density at radius 1 is 1.36 bits per heavy atom. The lowest BCUT2D eigenvalue weighted by Gasteiger charge is -2.04. The second kappa shape index (κ2) is 7.51. The quantitative estimate of drug-likeness (QED) is 0.626. The number of thiazole rings is 1. The molecule has 5 nitrogen and oxygen atoms in total. The number of carbonyl (C=O) groups excluding carboxylic acids is 2. The minimum absolute atomic E-state index is 0.0874. The zero-order valence-corrected chi connectivity index (χ0v) is 13.1. The van der Waals surface area contributed by atoms with E-state index in [2.05, 4.69) is 9.72 Å². The van der Waals surface area contributed by atoms with Crippen LogP contribution in [0.2, 0.25) is 0 Å². The van der Waals surface area contributed by atoms with Gasteiger partial charge >= 0.3 is 11.9 Å². The Morgan fingerprint density at radius 3 is 2.86 bits per heavy atom. The van der Waals surface area contributed by atoms with Crippen molar-refractivity contribution in [2.75, 3.05) is 7.11 Å². The fourth-order valence-electron chi connectivity index (χ4n) is 1.72. The second-order valence-corrected chi connectivity index (χ2v) is 5.49. The van der Waals surface area contributed by atoms with E-state index >= 15 is 0 Å². The van der Waals surface area contributed by atoms with Gasteiger partial charge in [0.2, 0.25) is 0 Å². The maximum atomic E-state index is 11.6. The number of aromatic nitrogens is 1. The van der Waals surface area contributed by atoms with Crippen LogP contribution in [0.15, 0.2) is 35.7 Å². The topological polar surface area (TPSA) is 65.5 Å². The fraction of sp³-hybridized carbons (Fsp3) is 0.188. The molecule has 0 aliphatic carbocycles. The molecule has 0 bridgehead atoms. The molecular weight excluding hydrogens is 302 g/mol. The van der Waals surface area contributed by atoms with E-state index in [1.165, 1.54) is 24.5 Å². The first-order valence-electron chi connectivity index (χ1n) is 6.52. The number of hydrogen-bond acceptors (Lipinski definition) is 6. The van der Waals surface area contributed by atoms with Crippen molar-refractivity contribution in [2.24, 2.45) is 0 Å². The van der Waals surface area contributed by atoms with Crippen molar-refractivity contribution in [2.45, 2.75) is 13.5 Å². The summed E-state index contributed by atoms with van der Waals surface area (Å²) in [6, 6.07) is 6.75. The Labute approximate surface area is 132 Å². The standard InChI is InChI=1S/C16H15NO4S/c1-11-17-14(10-22-11)6-7-15(18)21-9-12-4-3-5-13(8-12)16(19)20-2/h3-8,10H,9H2,1-2H3/b7-6+. The summed E-state index contributed by atoms with van der Waals surface area (Å²) in [7, 11) is 1.32. The normalized spacial score (nSPS) is 10.6. The Morgan fingerprint density at radius 2 is 2.18 bits per heavy atom. The van der Waals surface area contributed by atoms with Crippen LogP contribution in [-0.4, -0.2) is 24.0 Å². The molecule has 0 saturated carbocycles. The van der Waals surface area contributed by atoms with Gasteiger partial charge in [-0.1, -0.05) is 12.1 Å². The van der Waals surface area contributed by atoms with E-state index in [0.717, 1.165) is 10.7 Å². The molecule has 0 unspecified atom stereocenters. The summed E-state index contributed by atoms with van der Waals surface area (Å²) >= 11 is 1.51. The van der Waals surface area contributed by atoms with Crippen LogP contribution >= 0.6 is 11.3 Å². The smallest absolute Gasteiger partial charge is 0.337 e. The molecule has 1 aromatic heterocycles. The first-order chi connectivity index (χ1) is 10.6. The average molecular weight is 317 g/mol. The van der Waals surface area contributed by atoms with Crippen LogP contribution in [0.4, 0.5) is 0 Å². The van der Waals surface area contributed by atoms with Gasteiger partial charge in [-0.3, -0.25) is 0 Å². The number of ether oxygens (including phenoxy) is 2. The molecule has 22 heavy (non-hydrogen) atoms. The third-order valence-electron chi connectivity index (χ3n) is 2.76. The van der Waals surface area contributed by atoms with Gasteiger partial charge in [0, 0.05) is 11.5 Å². The molecule has 2 aromatic rings. The highest BCUT2D eigenvalue weighted by molar-refractivity contribution is 7.09. The number of methoxy groups -OCH3 is 1. The van der Waals surface area contributed by atoms with Crippen LogP contribution in [0.3, 0.4) is 0 Å². The van der Waals surface area contributed by atoms with Gasteiger partial charge in [0.15, 0.2) is 0 Å². The lowest BCUT2D eigenvalue weighted by molar-refractivity contribution is -0.138. The van der Waals surface area contributed by atoms with E-state index in [-0.39, 0.29) is 6.61 Å². The molecule has 0 amide bonds. The molecule has 0 spiro atoms. The number of esters is 2. The molecule has 0 saturated heterocycles. The number of rotatable bonds is 5. The minimum Gasteiger partial charge on any atom is -0.465 e. The molecule has 2 rings (SSSR count). The maximum Gasteiger partial charge on any atom is 0.337 e. The number of hydrogen-bond donors (Lipinski definition) is 0. The molecule has 114 valence electrons. The van der Waals surface area contributed by atoms with Crippen molar-refractivity contribution in [3.05, 3.63) is 57.6 Å². The van der Waals surface area contributed by atoms with Gasteiger partial charge in [-0.25, -0.2) is 14.6 Å². The molecule has 0 atom stereocenters. The summed E-state index contributed by atoms with van der Waals surface area (Å²) in [4.78, 5) is 27.3. The van der Waals surface area contributed by atoms with Gasteiger partial charge in [-0.15, -0.1) is 11.3 Å². The van der Waals surface area contributed by atoms with E-state index in [9.17, 15) is 9.59 Å². The largest absolute Gasteiger partial charge is 0.465 e. The van der Waals surface area contributed by atoms with Crippen LogP contribution in [0.25, 0.3) is 6.08 Å². The van der Waals surface area contributed by atoms with Gasteiger partial charge in [-0.05, 0) is 30.7 Å². The summed E-state index contributed by atoms with van der Waals surface area (Å²) in [6.45, 7) is 1.98. The highest BCUT2D eigenvalue weighted by Gasteiger charge is 2.06. The van der Waals surface area contributed by atoms with Crippen molar-refractivity contribution in [3.8, 4) is 0 Å². The highest BCUT2D eigenvalue weighted by atomic mass is 32.1. The predicted molar refractivity (Wildman–Crippen MR) is 83.5 cm³/mol. The van der Waals surface area contributed by atoms with Gasteiger partial charge in [0.05, 0.1) is 23.4 Å². The summed E-state index contributed by atoms with van der Waals surface area (Å²) < 4.78 is 9.77. The lowest BCUT2D eigenvalue weighted by atomic mass is 10.1. The molecule has 0 fully saturated rings. The average Bonchev–Trinajstić information content (AvgIpc) is 2.96. The van der Waals surface area contributed by atoms with Crippen molar-refractivity contribution in [3.63, 3.8) is 0 Å². The van der Waals surface area contributed by atoms with Crippen molar-refractivity contribution in [1.82, 2.24) is 4.98 Å². The Bertz CT molecular complexity index is 706.